The van der Waals surface area contributed by atoms with E-state index in [1.807, 2.05) is 30.3 Å². The van der Waals surface area contributed by atoms with Crippen LogP contribution in [0.15, 0.2) is 42.5 Å². The molecular weight excluding hydrogens is 272 g/mol. The normalized spacial score (nSPS) is 25.9. The molecule has 2 rings (SSSR count). The Morgan fingerprint density at radius 2 is 2.00 bits per heavy atom. The molecule has 1 N–H and O–H groups in total. The summed E-state index contributed by atoms with van der Waals surface area (Å²) in [5.74, 6) is -1.30. The van der Waals surface area contributed by atoms with Crippen LogP contribution in [0.1, 0.15) is 25.5 Å². The maximum Gasteiger partial charge on any atom is 0.330 e. The van der Waals surface area contributed by atoms with Gasteiger partial charge < -0.3 is 19.3 Å². The summed E-state index contributed by atoms with van der Waals surface area (Å²) in [5.41, 5.74) is 0.736. The van der Waals surface area contributed by atoms with Crippen LogP contribution < -0.4 is 0 Å². The van der Waals surface area contributed by atoms with Crippen LogP contribution in [0.5, 0.6) is 0 Å². The average Bonchev–Trinajstić information content (AvgIpc) is 2.80. The third-order valence-electron chi connectivity index (χ3n) is 3.24. The number of esters is 1. The van der Waals surface area contributed by atoms with Crippen molar-refractivity contribution in [1.29, 1.82) is 0 Å². The number of hydrogen-bond acceptors (Lipinski definition) is 5. The van der Waals surface area contributed by atoms with Crippen LogP contribution in [0.3, 0.4) is 0 Å². The Labute approximate surface area is 124 Å². The van der Waals surface area contributed by atoms with E-state index in [9.17, 15) is 9.90 Å². The van der Waals surface area contributed by atoms with Gasteiger partial charge in [0.15, 0.2) is 5.79 Å². The molecule has 1 aromatic rings. The molecule has 0 aliphatic carbocycles. The zero-order valence-electron chi connectivity index (χ0n) is 12.4. The largest absolute Gasteiger partial charge is 0.466 e. The van der Waals surface area contributed by atoms with Gasteiger partial charge in [-0.25, -0.2) is 4.79 Å². The Hall–Kier alpha value is -1.69. The lowest BCUT2D eigenvalue weighted by molar-refractivity contribution is -0.154. The van der Waals surface area contributed by atoms with Gasteiger partial charge in [0.2, 0.25) is 0 Å². The Bertz CT molecular complexity index is 509. The SMILES string of the molecule is COC(=O)/C=C/[C@@H]1OC(C)(C)O[C@H]1C(O)c1ccccc1. The van der Waals surface area contributed by atoms with Gasteiger partial charge >= 0.3 is 5.97 Å². The summed E-state index contributed by atoms with van der Waals surface area (Å²) in [5, 5.41) is 10.5. The highest BCUT2D eigenvalue weighted by molar-refractivity contribution is 5.81. The summed E-state index contributed by atoms with van der Waals surface area (Å²) in [4.78, 5) is 11.2. The van der Waals surface area contributed by atoms with Crippen LogP contribution in [0.4, 0.5) is 0 Å². The molecule has 1 fully saturated rings. The first-order valence-electron chi connectivity index (χ1n) is 6.78. The molecule has 114 valence electrons. The van der Waals surface area contributed by atoms with Gasteiger partial charge in [-0.1, -0.05) is 30.3 Å². The van der Waals surface area contributed by atoms with Crippen molar-refractivity contribution >= 4 is 5.97 Å². The van der Waals surface area contributed by atoms with Gasteiger partial charge in [-0.2, -0.15) is 0 Å². The number of carbonyl (C=O) groups is 1. The van der Waals surface area contributed by atoms with Gasteiger partial charge in [-0.15, -0.1) is 0 Å². The maximum atomic E-state index is 11.2. The van der Waals surface area contributed by atoms with E-state index in [1.54, 1.807) is 19.9 Å². The highest BCUT2D eigenvalue weighted by Crippen LogP contribution is 2.35. The smallest absolute Gasteiger partial charge is 0.330 e. The molecule has 21 heavy (non-hydrogen) atoms. The number of rotatable bonds is 4. The molecule has 5 heteroatoms. The van der Waals surface area contributed by atoms with Crippen molar-refractivity contribution in [2.45, 2.75) is 37.9 Å². The molecule has 0 aromatic heterocycles. The van der Waals surface area contributed by atoms with E-state index in [2.05, 4.69) is 4.74 Å². The molecule has 0 radical (unpaired) electrons. The van der Waals surface area contributed by atoms with Crippen LogP contribution in [-0.4, -0.2) is 36.2 Å². The Morgan fingerprint density at radius 1 is 1.33 bits per heavy atom. The van der Waals surface area contributed by atoms with Gasteiger partial charge in [0.1, 0.15) is 18.3 Å². The van der Waals surface area contributed by atoms with Crippen LogP contribution in [0, 0.1) is 0 Å². The van der Waals surface area contributed by atoms with E-state index in [1.165, 1.54) is 13.2 Å². The summed E-state index contributed by atoms with van der Waals surface area (Å²) in [6.07, 6.45) is 0.857. The zero-order chi connectivity index (χ0) is 15.5. The molecule has 1 aromatic carbocycles. The maximum absolute atomic E-state index is 11.2. The standard InChI is InChI=1S/C16H20O5/c1-16(2)20-12(9-10-13(17)19-3)15(21-16)14(18)11-7-5-4-6-8-11/h4-10,12,14-15,18H,1-3H3/b10-9+/t12-,14?,15+/m0/s1. The molecular formula is C16H20O5. The number of hydrogen-bond donors (Lipinski definition) is 1. The van der Waals surface area contributed by atoms with Crippen molar-refractivity contribution in [2.75, 3.05) is 7.11 Å². The molecule has 0 amide bonds. The molecule has 0 saturated carbocycles. The van der Waals surface area contributed by atoms with E-state index >= 15 is 0 Å². The first-order chi connectivity index (χ1) is 9.93. The van der Waals surface area contributed by atoms with Crippen LogP contribution in [0.25, 0.3) is 0 Å². The predicted molar refractivity (Wildman–Crippen MR) is 76.4 cm³/mol. The van der Waals surface area contributed by atoms with Crippen LogP contribution >= 0.6 is 0 Å². The molecule has 0 bridgehead atoms. The second kappa shape index (κ2) is 6.39. The van der Waals surface area contributed by atoms with E-state index < -0.39 is 30.1 Å². The van der Waals surface area contributed by atoms with Gasteiger partial charge in [-0.3, -0.25) is 0 Å². The second-order valence-electron chi connectivity index (χ2n) is 5.30. The van der Waals surface area contributed by atoms with Gasteiger partial charge in [0.25, 0.3) is 0 Å². The highest BCUT2D eigenvalue weighted by atomic mass is 16.8. The molecule has 5 nitrogen and oxygen atoms in total. The van der Waals surface area contributed by atoms with Crippen molar-refractivity contribution in [3.05, 3.63) is 48.0 Å². The minimum Gasteiger partial charge on any atom is -0.466 e. The summed E-state index contributed by atoms with van der Waals surface area (Å²) in [6.45, 7) is 3.54. The Morgan fingerprint density at radius 3 is 2.62 bits per heavy atom. The van der Waals surface area contributed by atoms with Crippen molar-refractivity contribution in [2.24, 2.45) is 0 Å². The van der Waals surface area contributed by atoms with E-state index in [0.717, 1.165) is 5.56 Å². The van der Waals surface area contributed by atoms with E-state index in [0.29, 0.717) is 0 Å². The van der Waals surface area contributed by atoms with E-state index in [4.69, 9.17) is 9.47 Å². The van der Waals surface area contributed by atoms with Crippen LogP contribution in [-0.2, 0) is 19.0 Å². The fourth-order valence-corrected chi connectivity index (χ4v) is 2.29. The molecule has 1 aliphatic heterocycles. The van der Waals surface area contributed by atoms with Crippen molar-refractivity contribution in [3.63, 3.8) is 0 Å². The molecule has 3 atom stereocenters. The number of benzene rings is 1. The zero-order valence-corrected chi connectivity index (χ0v) is 12.4. The number of methoxy groups -OCH3 is 1. The quantitative estimate of drug-likeness (QED) is 0.679. The fourth-order valence-electron chi connectivity index (χ4n) is 2.29. The fraction of sp³-hybridized carbons (Fsp3) is 0.438. The molecule has 1 aliphatic rings. The second-order valence-corrected chi connectivity index (χ2v) is 5.30. The lowest BCUT2D eigenvalue weighted by atomic mass is 10.0. The summed E-state index contributed by atoms with van der Waals surface area (Å²) in [6, 6.07) is 9.21. The summed E-state index contributed by atoms with van der Waals surface area (Å²) >= 11 is 0. The van der Waals surface area contributed by atoms with Crippen molar-refractivity contribution in [1.82, 2.24) is 0 Å². The molecule has 1 heterocycles. The Balaban J connectivity index is 2.18. The number of aliphatic hydroxyl groups is 1. The lowest BCUT2D eigenvalue weighted by Crippen LogP contribution is -2.28. The van der Waals surface area contributed by atoms with Gasteiger partial charge in [0.05, 0.1) is 7.11 Å². The number of carbonyl (C=O) groups excluding carboxylic acids is 1. The highest BCUT2D eigenvalue weighted by Gasteiger charge is 2.44. The lowest BCUT2D eigenvalue weighted by Gasteiger charge is -2.21. The topological polar surface area (TPSA) is 65.0 Å². The third-order valence-corrected chi connectivity index (χ3v) is 3.24. The van der Waals surface area contributed by atoms with Gasteiger partial charge in [-0.05, 0) is 25.5 Å². The summed E-state index contributed by atoms with van der Waals surface area (Å²) in [7, 11) is 1.30. The first kappa shape index (κ1) is 15.7. The van der Waals surface area contributed by atoms with Crippen molar-refractivity contribution in [3.8, 4) is 0 Å². The Kier molecular flexibility index (Phi) is 4.77. The van der Waals surface area contributed by atoms with Gasteiger partial charge in [0, 0.05) is 6.08 Å². The third kappa shape index (κ3) is 3.91. The molecule has 1 saturated heterocycles. The monoisotopic (exact) mass is 292 g/mol. The minimum atomic E-state index is -0.847. The molecule has 0 spiro atoms. The average molecular weight is 292 g/mol. The van der Waals surface area contributed by atoms with Crippen molar-refractivity contribution < 1.29 is 24.1 Å². The number of ether oxygens (including phenoxy) is 3. The summed E-state index contributed by atoms with van der Waals surface area (Å²) < 4.78 is 16.0. The first-order valence-corrected chi connectivity index (χ1v) is 6.78. The molecule has 1 unspecified atom stereocenters. The van der Waals surface area contributed by atoms with Crippen LogP contribution in [0.2, 0.25) is 0 Å². The minimum absolute atomic E-state index is 0.476. The predicted octanol–water partition coefficient (Wildman–Crippen LogP) is 1.97. The van der Waals surface area contributed by atoms with E-state index in [-0.39, 0.29) is 0 Å². The number of aliphatic hydroxyl groups excluding tert-OH is 1.